The van der Waals surface area contributed by atoms with Crippen LogP contribution in [0.3, 0.4) is 0 Å². The maximum atomic E-state index is 11.8. The fourth-order valence-electron chi connectivity index (χ4n) is 1.69. The van der Waals surface area contributed by atoms with Crippen LogP contribution in [0.25, 0.3) is 0 Å². The highest BCUT2D eigenvalue weighted by atomic mass is 16.2. The summed E-state index contributed by atoms with van der Waals surface area (Å²) in [6.07, 6.45) is 1.72. The Balaban J connectivity index is 2.61. The number of likely N-dealkylation sites (N-methyl/N-ethyl adjacent to an activating group) is 1. The topological polar surface area (TPSA) is 46.3 Å². The Hall–Kier alpha value is -1.35. The Morgan fingerprint density at radius 2 is 1.76 bits per heavy atom. The molecule has 1 amide bonds. The van der Waals surface area contributed by atoms with E-state index in [1.54, 1.807) is 11.9 Å². The summed E-state index contributed by atoms with van der Waals surface area (Å²) in [5, 5.41) is 0. The number of rotatable bonds is 5. The molecule has 1 aromatic carbocycles. The summed E-state index contributed by atoms with van der Waals surface area (Å²) >= 11 is 0. The SMILES string of the molecule is CCc1ccc(CN(C)C(=O)C(N)CC)cc1. The lowest BCUT2D eigenvalue weighted by atomic mass is 10.1. The molecule has 0 aromatic heterocycles. The van der Waals surface area contributed by atoms with Crippen LogP contribution in [0.2, 0.25) is 0 Å². The number of hydrogen-bond donors (Lipinski definition) is 1. The Kier molecular flexibility index (Phi) is 5.16. The van der Waals surface area contributed by atoms with E-state index in [0.717, 1.165) is 12.0 Å². The highest BCUT2D eigenvalue weighted by Crippen LogP contribution is 2.08. The van der Waals surface area contributed by atoms with E-state index in [-0.39, 0.29) is 11.9 Å². The van der Waals surface area contributed by atoms with Gasteiger partial charge in [-0.2, -0.15) is 0 Å². The van der Waals surface area contributed by atoms with Gasteiger partial charge in [0.05, 0.1) is 6.04 Å². The van der Waals surface area contributed by atoms with E-state index in [0.29, 0.717) is 13.0 Å². The smallest absolute Gasteiger partial charge is 0.239 e. The zero-order chi connectivity index (χ0) is 12.8. The molecule has 0 saturated carbocycles. The molecule has 0 aliphatic carbocycles. The largest absolute Gasteiger partial charge is 0.340 e. The molecule has 94 valence electrons. The predicted octanol–water partition coefficient (Wildman–Crippen LogP) is 1.94. The number of amides is 1. The summed E-state index contributed by atoms with van der Waals surface area (Å²) in [4.78, 5) is 13.5. The van der Waals surface area contributed by atoms with Gasteiger partial charge < -0.3 is 10.6 Å². The Morgan fingerprint density at radius 3 is 2.24 bits per heavy atom. The number of carbonyl (C=O) groups excluding carboxylic acids is 1. The van der Waals surface area contributed by atoms with E-state index in [9.17, 15) is 4.79 Å². The van der Waals surface area contributed by atoms with Crippen LogP contribution in [0.1, 0.15) is 31.4 Å². The molecular weight excluding hydrogens is 212 g/mol. The van der Waals surface area contributed by atoms with E-state index in [2.05, 4.69) is 31.2 Å². The molecule has 0 fully saturated rings. The number of benzene rings is 1. The van der Waals surface area contributed by atoms with Crippen LogP contribution in [0.5, 0.6) is 0 Å². The average Bonchev–Trinajstić information content (AvgIpc) is 2.37. The second kappa shape index (κ2) is 6.40. The third-order valence-corrected chi connectivity index (χ3v) is 2.98. The number of hydrogen-bond acceptors (Lipinski definition) is 2. The van der Waals surface area contributed by atoms with Crippen molar-refractivity contribution in [2.45, 2.75) is 39.3 Å². The highest BCUT2D eigenvalue weighted by molar-refractivity contribution is 5.81. The molecule has 0 radical (unpaired) electrons. The first kappa shape index (κ1) is 13.7. The summed E-state index contributed by atoms with van der Waals surface area (Å²) in [7, 11) is 1.80. The van der Waals surface area contributed by atoms with Crippen LogP contribution < -0.4 is 5.73 Å². The molecular formula is C14H22N2O. The second-order valence-corrected chi connectivity index (χ2v) is 4.38. The van der Waals surface area contributed by atoms with Gasteiger partial charge in [0.1, 0.15) is 0 Å². The number of aryl methyl sites for hydroxylation is 1. The molecule has 0 spiro atoms. The van der Waals surface area contributed by atoms with Gasteiger partial charge in [-0.05, 0) is 24.0 Å². The van der Waals surface area contributed by atoms with Gasteiger partial charge in [0.2, 0.25) is 5.91 Å². The fraction of sp³-hybridized carbons (Fsp3) is 0.500. The monoisotopic (exact) mass is 234 g/mol. The molecule has 3 heteroatoms. The summed E-state index contributed by atoms with van der Waals surface area (Å²) in [5.74, 6) is 0.00654. The molecule has 1 atom stereocenters. The van der Waals surface area contributed by atoms with Crippen molar-refractivity contribution in [3.63, 3.8) is 0 Å². The Bertz CT molecular complexity index is 359. The van der Waals surface area contributed by atoms with Gasteiger partial charge in [0.25, 0.3) is 0 Å². The standard InChI is InChI=1S/C14H22N2O/c1-4-11-6-8-12(9-7-11)10-16(3)14(17)13(15)5-2/h6-9,13H,4-5,10,15H2,1-3H3. The van der Waals surface area contributed by atoms with Crippen molar-refractivity contribution in [3.8, 4) is 0 Å². The molecule has 0 heterocycles. The summed E-state index contributed by atoms with van der Waals surface area (Å²) in [5.41, 5.74) is 8.18. The van der Waals surface area contributed by atoms with Gasteiger partial charge in [-0.3, -0.25) is 4.79 Å². The van der Waals surface area contributed by atoms with Crippen molar-refractivity contribution in [1.29, 1.82) is 0 Å². The third kappa shape index (κ3) is 3.86. The minimum Gasteiger partial charge on any atom is -0.340 e. The first-order valence-corrected chi connectivity index (χ1v) is 6.16. The number of nitrogens with zero attached hydrogens (tertiary/aromatic N) is 1. The van der Waals surface area contributed by atoms with Gasteiger partial charge in [0, 0.05) is 13.6 Å². The quantitative estimate of drug-likeness (QED) is 0.846. The molecule has 0 bridgehead atoms. The van der Waals surface area contributed by atoms with E-state index >= 15 is 0 Å². The minimum absolute atomic E-state index is 0.00654. The van der Waals surface area contributed by atoms with Gasteiger partial charge in [-0.1, -0.05) is 38.1 Å². The van der Waals surface area contributed by atoms with E-state index in [4.69, 9.17) is 5.73 Å². The summed E-state index contributed by atoms with van der Waals surface area (Å²) < 4.78 is 0. The Labute approximate surface area is 104 Å². The van der Waals surface area contributed by atoms with Crippen LogP contribution in [0.15, 0.2) is 24.3 Å². The van der Waals surface area contributed by atoms with Crippen molar-refractivity contribution >= 4 is 5.91 Å². The average molecular weight is 234 g/mol. The fourth-order valence-corrected chi connectivity index (χ4v) is 1.69. The van der Waals surface area contributed by atoms with Crippen LogP contribution in [0, 0.1) is 0 Å². The maximum Gasteiger partial charge on any atom is 0.239 e. The van der Waals surface area contributed by atoms with E-state index in [1.807, 2.05) is 6.92 Å². The van der Waals surface area contributed by atoms with Crippen LogP contribution in [0.4, 0.5) is 0 Å². The summed E-state index contributed by atoms with van der Waals surface area (Å²) in [6.45, 7) is 4.67. The zero-order valence-electron chi connectivity index (χ0n) is 10.9. The summed E-state index contributed by atoms with van der Waals surface area (Å²) in [6, 6.07) is 7.97. The van der Waals surface area contributed by atoms with Crippen LogP contribution >= 0.6 is 0 Å². The molecule has 1 unspecified atom stereocenters. The number of carbonyl (C=O) groups is 1. The van der Waals surface area contributed by atoms with Crippen LogP contribution in [-0.4, -0.2) is 23.9 Å². The van der Waals surface area contributed by atoms with Crippen molar-refractivity contribution < 1.29 is 4.79 Å². The lowest BCUT2D eigenvalue weighted by molar-refractivity contribution is -0.131. The number of nitrogens with two attached hydrogens (primary N) is 1. The molecule has 1 aromatic rings. The van der Waals surface area contributed by atoms with Crippen molar-refractivity contribution in [2.24, 2.45) is 5.73 Å². The minimum atomic E-state index is -0.380. The van der Waals surface area contributed by atoms with Gasteiger partial charge >= 0.3 is 0 Å². The van der Waals surface area contributed by atoms with E-state index in [1.165, 1.54) is 5.56 Å². The van der Waals surface area contributed by atoms with Gasteiger partial charge in [-0.15, -0.1) is 0 Å². The lowest BCUT2D eigenvalue weighted by Crippen LogP contribution is -2.40. The molecule has 3 nitrogen and oxygen atoms in total. The molecule has 1 rings (SSSR count). The van der Waals surface area contributed by atoms with Gasteiger partial charge in [0.15, 0.2) is 0 Å². The van der Waals surface area contributed by atoms with E-state index < -0.39 is 0 Å². The lowest BCUT2D eigenvalue weighted by Gasteiger charge is -2.20. The highest BCUT2D eigenvalue weighted by Gasteiger charge is 2.15. The normalized spacial score (nSPS) is 12.2. The Morgan fingerprint density at radius 1 is 1.24 bits per heavy atom. The molecule has 2 N–H and O–H groups in total. The van der Waals surface area contributed by atoms with Crippen molar-refractivity contribution in [3.05, 3.63) is 35.4 Å². The first-order valence-electron chi connectivity index (χ1n) is 6.16. The first-order chi connectivity index (χ1) is 8.08. The third-order valence-electron chi connectivity index (χ3n) is 2.98. The van der Waals surface area contributed by atoms with Gasteiger partial charge in [-0.25, -0.2) is 0 Å². The van der Waals surface area contributed by atoms with Crippen LogP contribution in [-0.2, 0) is 17.8 Å². The molecule has 0 aliphatic heterocycles. The molecule has 0 saturated heterocycles. The zero-order valence-corrected chi connectivity index (χ0v) is 10.9. The second-order valence-electron chi connectivity index (χ2n) is 4.38. The molecule has 0 aliphatic rings. The van der Waals surface area contributed by atoms with Crippen molar-refractivity contribution in [1.82, 2.24) is 4.90 Å². The van der Waals surface area contributed by atoms with Crippen molar-refractivity contribution in [2.75, 3.05) is 7.05 Å². The predicted molar refractivity (Wildman–Crippen MR) is 70.6 cm³/mol. The molecule has 17 heavy (non-hydrogen) atoms. The maximum absolute atomic E-state index is 11.8.